The predicted octanol–water partition coefficient (Wildman–Crippen LogP) is 2.25. The van der Waals surface area contributed by atoms with Gasteiger partial charge in [0, 0.05) is 11.6 Å². The fourth-order valence-corrected chi connectivity index (χ4v) is 2.24. The normalized spacial score (nSPS) is 10.6. The molecule has 0 radical (unpaired) electrons. The molecule has 0 aliphatic carbocycles. The first-order valence-corrected chi connectivity index (χ1v) is 5.90. The summed E-state index contributed by atoms with van der Waals surface area (Å²) < 4.78 is 1.69. The summed E-state index contributed by atoms with van der Waals surface area (Å²) in [6.45, 7) is 2.58. The molecular weight excluding hydrogens is 224 g/mol. The average molecular weight is 236 g/mol. The maximum absolute atomic E-state index is 10.9. The summed E-state index contributed by atoms with van der Waals surface area (Å²) in [5, 5.41) is 12.0. The van der Waals surface area contributed by atoms with Gasteiger partial charge in [0.2, 0.25) is 0 Å². The second-order valence-corrected chi connectivity index (χ2v) is 4.36. The average Bonchev–Trinajstić information content (AvgIpc) is 2.87. The highest BCUT2D eigenvalue weighted by Gasteiger charge is 2.09. The van der Waals surface area contributed by atoms with Crippen molar-refractivity contribution in [3.63, 3.8) is 0 Å². The van der Waals surface area contributed by atoms with E-state index in [1.807, 2.05) is 5.38 Å². The van der Waals surface area contributed by atoms with Gasteiger partial charge in [-0.3, -0.25) is 0 Å². The lowest BCUT2D eigenvalue weighted by Crippen LogP contribution is -2.08. The maximum atomic E-state index is 10.9. The number of aryl methyl sites for hydroxylation is 1. The number of carboxylic acids is 1. The van der Waals surface area contributed by atoms with Crippen molar-refractivity contribution < 1.29 is 9.90 Å². The topological polar surface area (TPSA) is 55.1 Å². The van der Waals surface area contributed by atoms with E-state index in [4.69, 9.17) is 5.11 Å². The number of carboxylic acid groups (broad SMARTS) is 1. The summed E-state index contributed by atoms with van der Waals surface area (Å²) in [5.74, 6) is -0.907. The Kier molecular flexibility index (Phi) is 3.05. The van der Waals surface area contributed by atoms with E-state index in [1.165, 1.54) is 0 Å². The number of hydrogen-bond donors (Lipinski definition) is 1. The molecule has 0 saturated carbocycles. The fourth-order valence-electron chi connectivity index (χ4n) is 1.50. The Labute approximate surface area is 97.2 Å². The standard InChI is InChI=1S/C11H12N2O2S/c1-2-10-12-8(7-16-10)6-13-5-3-4-9(13)11(14)15/h3-5,7H,2,6H2,1H3,(H,14,15). The van der Waals surface area contributed by atoms with Crippen LogP contribution in [0.5, 0.6) is 0 Å². The summed E-state index contributed by atoms with van der Waals surface area (Å²) >= 11 is 1.61. The highest BCUT2D eigenvalue weighted by atomic mass is 32.1. The summed E-state index contributed by atoms with van der Waals surface area (Å²) in [4.78, 5) is 15.3. The molecule has 2 aromatic heterocycles. The van der Waals surface area contributed by atoms with Crippen LogP contribution in [-0.2, 0) is 13.0 Å². The summed E-state index contributed by atoms with van der Waals surface area (Å²) in [7, 11) is 0. The predicted molar refractivity (Wildman–Crippen MR) is 62.0 cm³/mol. The highest BCUT2D eigenvalue weighted by Crippen LogP contribution is 2.13. The van der Waals surface area contributed by atoms with Gasteiger partial charge in [0.25, 0.3) is 0 Å². The number of rotatable bonds is 4. The van der Waals surface area contributed by atoms with Gasteiger partial charge in [-0.25, -0.2) is 9.78 Å². The zero-order valence-electron chi connectivity index (χ0n) is 8.88. The lowest BCUT2D eigenvalue weighted by atomic mass is 10.4. The van der Waals surface area contributed by atoms with Crippen LogP contribution >= 0.6 is 11.3 Å². The van der Waals surface area contributed by atoms with Crippen molar-refractivity contribution in [3.8, 4) is 0 Å². The van der Waals surface area contributed by atoms with Gasteiger partial charge in [-0.1, -0.05) is 6.92 Å². The Hall–Kier alpha value is -1.62. The molecule has 4 nitrogen and oxygen atoms in total. The van der Waals surface area contributed by atoms with E-state index in [0.29, 0.717) is 12.2 Å². The van der Waals surface area contributed by atoms with E-state index in [2.05, 4.69) is 11.9 Å². The van der Waals surface area contributed by atoms with Crippen molar-refractivity contribution in [2.45, 2.75) is 19.9 Å². The van der Waals surface area contributed by atoms with Crippen molar-refractivity contribution in [3.05, 3.63) is 40.1 Å². The third-order valence-corrected chi connectivity index (χ3v) is 3.32. The SMILES string of the molecule is CCc1nc(Cn2cccc2C(=O)O)cs1. The summed E-state index contributed by atoms with van der Waals surface area (Å²) in [6.07, 6.45) is 2.68. The van der Waals surface area contributed by atoms with Crippen LogP contribution in [0.25, 0.3) is 0 Å². The molecular formula is C11H12N2O2S. The van der Waals surface area contributed by atoms with Crippen LogP contribution in [0.4, 0.5) is 0 Å². The number of hydrogen-bond acceptors (Lipinski definition) is 3. The molecule has 2 rings (SSSR count). The zero-order valence-corrected chi connectivity index (χ0v) is 9.70. The van der Waals surface area contributed by atoms with Crippen molar-refractivity contribution >= 4 is 17.3 Å². The molecule has 0 aliphatic rings. The van der Waals surface area contributed by atoms with Crippen LogP contribution in [0.3, 0.4) is 0 Å². The smallest absolute Gasteiger partial charge is 0.352 e. The minimum absolute atomic E-state index is 0.297. The third-order valence-electron chi connectivity index (χ3n) is 2.28. The molecule has 16 heavy (non-hydrogen) atoms. The molecule has 0 atom stereocenters. The largest absolute Gasteiger partial charge is 0.477 e. The van der Waals surface area contributed by atoms with Gasteiger partial charge >= 0.3 is 5.97 Å². The Morgan fingerprint density at radius 1 is 1.62 bits per heavy atom. The molecule has 1 N–H and O–H groups in total. The fraction of sp³-hybridized carbons (Fsp3) is 0.273. The molecule has 2 aromatic rings. The molecule has 0 amide bonds. The Morgan fingerprint density at radius 2 is 2.44 bits per heavy atom. The number of aromatic nitrogens is 2. The number of thiazole rings is 1. The molecule has 5 heteroatoms. The molecule has 0 aromatic carbocycles. The second-order valence-electron chi connectivity index (χ2n) is 3.41. The van der Waals surface area contributed by atoms with E-state index in [9.17, 15) is 4.79 Å². The van der Waals surface area contributed by atoms with E-state index in [1.54, 1.807) is 34.2 Å². The molecule has 84 valence electrons. The van der Waals surface area contributed by atoms with Gasteiger partial charge in [-0.15, -0.1) is 11.3 Å². The minimum Gasteiger partial charge on any atom is -0.477 e. The molecule has 0 spiro atoms. The van der Waals surface area contributed by atoms with Gasteiger partial charge < -0.3 is 9.67 Å². The maximum Gasteiger partial charge on any atom is 0.352 e. The number of carbonyl (C=O) groups is 1. The highest BCUT2D eigenvalue weighted by molar-refractivity contribution is 7.09. The first kappa shape index (κ1) is 10.9. The molecule has 0 bridgehead atoms. The quantitative estimate of drug-likeness (QED) is 0.885. The van der Waals surface area contributed by atoms with Crippen LogP contribution in [0.2, 0.25) is 0 Å². The molecule has 0 aliphatic heterocycles. The Morgan fingerprint density at radius 3 is 3.06 bits per heavy atom. The zero-order chi connectivity index (χ0) is 11.5. The number of nitrogens with zero attached hydrogens (tertiary/aromatic N) is 2. The Balaban J connectivity index is 2.20. The molecule has 2 heterocycles. The van der Waals surface area contributed by atoms with Crippen LogP contribution in [-0.4, -0.2) is 20.6 Å². The van der Waals surface area contributed by atoms with Crippen molar-refractivity contribution in [1.29, 1.82) is 0 Å². The van der Waals surface area contributed by atoms with E-state index in [-0.39, 0.29) is 0 Å². The van der Waals surface area contributed by atoms with Crippen molar-refractivity contribution in [1.82, 2.24) is 9.55 Å². The third kappa shape index (κ3) is 2.14. The van der Waals surface area contributed by atoms with Crippen LogP contribution in [0, 0.1) is 0 Å². The second kappa shape index (κ2) is 4.49. The van der Waals surface area contributed by atoms with Gasteiger partial charge in [0.05, 0.1) is 17.2 Å². The van der Waals surface area contributed by atoms with E-state index < -0.39 is 5.97 Å². The monoisotopic (exact) mass is 236 g/mol. The molecule has 0 unspecified atom stereocenters. The van der Waals surface area contributed by atoms with Gasteiger partial charge in [-0.2, -0.15) is 0 Å². The van der Waals surface area contributed by atoms with Crippen molar-refractivity contribution in [2.24, 2.45) is 0 Å². The lowest BCUT2D eigenvalue weighted by molar-refractivity contribution is 0.0685. The van der Waals surface area contributed by atoms with Crippen LogP contribution < -0.4 is 0 Å². The van der Waals surface area contributed by atoms with Gasteiger partial charge in [-0.05, 0) is 18.6 Å². The molecule has 0 fully saturated rings. The van der Waals surface area contributed by atoms with Crippen molar-refractivity contribution in [2.75, 3.05) is 0 Å². The van der Waals surface area contributed by atoms with Crippen LogP contribution in [0.15, 0.2) is 23.7 Å². The lowest BCUT2D eigenvalue weighted by Gasteiger charge is -2.03. The first-order chi connectivity index (χ1) is 7.70. The Bertz CT molecular complexity index is 502. The van der Waals surface area contributed by atoms with Crippen LogP contribution in [0.1, 0.15) is 28.1 Å². The van der Waals surface area contributed by atoms with E-state index >= 15 is 0 Å². The van der Waals surface area contributed by atoms with Gasteiger partial charge in [0.1, 0.15) is 5.69 Å². The summed E-state index contributed by atoms with van der Waals surface area (Å²) in [6, 6.07) is 3.33. The molecule has 0 saturated heterocycles. The van der Waals surface area contributed by atoms with E-state index in [0.717, 1.165) is 17.1 Å². The summed E-state index contributed by atoms with van der Waals surface area (Å²) in [5.41, 5.74) is 1.21. The minimum atomic E-state index is -0.907. The van der Waals surface area contributed by atoms with Gasteiger partial charge in [0.15, 0.2) is 0 Å². The number of aromatic carboxylic acids is 1. The first-order valence-electron chi connectivity index (χ1n) is 5.02.